The largest absolute Gasteiger partial charge is 0.493 e. The molecule has 0 saturated heterocycles. The van der Waals surface area contributed by atoms with Gasteiger partial charge in [0.2, 0.25) is 5.75 Å². The number of unbranched alkanes of at least 4 members (excludes halogenated alkanes) is 1. The van der Waals surface area contributed by atoms with Crippen LogP contribution in [0, 0.1) is 5.92 Å². The lowest BCUT2D eigenvalue weighted by molar-refractivity contribution is -0.142. The zero-order chi connectivity index (χ0) is 15.8. The molecule has 1 aromatic rings. The molecule has 0 aliphatic carbocycles. The van der Waals surface area contributed by atoms with Gasteiger partial charge in [0, 0.05) is 0 Å². The van der Waals surface area contributed by atoms with Crippen LogP contribution in [0.3, 0.4) is 0 Å². The molecule has 0 spiro atoms. The third-order valence-corrected chi connectivity index (χ3v) is 3.46. The number of aliphatic carboxylic acids is 1. The van der Waals surface area contributed by atoms with Crippen molar-refractivity contribution < 1.29 is 24.1 Å². The summed E-state index contributed by atoms with van der Waals surface area (Å²) in [7, 11) is 4.64. The first-order valence-electron chi connectivity index (χ1n) is 7.09. The van der Waals surface area contributed by atoms with Crippen LogP contribution >= 0.6 is 0 Å². The van der Waals surface area contributed by atoms with Gasteiger partial charge in [-0.3, -0.25) is 4.79 Å². The molecule has 1 N–H and O–H groups in total. The van der Waals surface area contributed by atoms with Crippen LogP contribution in [-0.2, 0) is 11.2 Å². The minimum Gasteiger partial charge on any atom is -0.493 e. The topological polar surface area (TPSA) is 65.0 Å². The number of carboxylic acid groups (broad SMARTS) is 1. The van der Waals surface area contributed by atoms with Gasteiger partial charge in [0.1, 0.15) is 0 Å². The molecule has 0 aromatic heterocycles. The van der Waals surface area contributed by atoms with Crippen molar-refractivity contribution in [2.75, 3.05) is 21.3 Å². The highest BCUT2D eigenvalue weighted by atomic mass is 16.5. The second kappa shape index (κ2) is 8.39. The Morgan fingerprint density at radius 2 is 1.71 bits per heavy atom. The normalized spacial score (nSPS) is 11.8. The molecule has 0 unspecified atom stereocenters. The minimum absolute atomic E-state index is 0.396. The Morgan fingerprint density at radius 1 is 1.14 bits per heavy atom. The van der Waals surface area contributed by atoms with Gasteiger partial charge >= 0.3 is 5.97 Å². The van der Waals surface area contributed by atoms with Gasteiger partial charge in [-0.25, -0.2) is 0 Å². The number of carboxylic acids is 1. The van der Waals surface area contributed by atoms with E-state index in [1.165, 1.54) is 0 Å². The van der Waals surface area contributed by atoms with E-state index >= 15 is 0 Å². The third kappa shape index (κ3) is 4.55. The summed E-state index contributed by atoms with van der Waals surface area (Å²) < 4.78 is 15.8. The Hall–Kier alpha value is -1.91. The van der Waals surface area contributed by atoms with Gasteiger partial charge in [-0.1, -0.05) is 19.8 Å². The second-order valence-electron chi connectivity index (χ2n) is 4.92. The Balaban J connectivity index is 3.03. The van der Waals surface area contributed by atoms with E-state index in [0.717, 1.165) is 18.4 Å². The van der Waals surface area contributed by atoms with Crippen LogP contribution in [0.2, 0.25) is 0 Å². The SMILES string of the molecule is CCCC[C@H](Cc1cc(OC)c(OC)c(OC)c1)C(=O)O. The van der Waals surface area contributed by atoms with Gasteiger partial charge < -0.3 is 19.3 Å². The van der Waals surface area contributed by atoms with Crippen molar-refractivity contribution in [1.29, 1.82) is 0 Å². The summed E-state index contributed by atoms with van der Waals surface area (Å²) in [5.74, 6) is 0.451. The average molecular weight is 296 g/mol. The van der Waals surface area contributed by atoms with Crippen LogP contribution in [0.1, 0.15) is 31.7 Å². The van der Waals surface area contributed by atoms with Crippen molar-refractivity contribution >= 4 is 5.97 Å². The molecule has 1 atom stereocenters. The van der Waals surface area contributed by atoms with Crippen LogP contribution in [0.25, 0.3) is 0 Å². The molecule has 0 amide bonds. The number of hydrogen-bond donors (Lipinski definition) is 1. The number of carbonyl (C=O) groups is 1. The van der Waals surface area contributed by atoms with Crippen molar-refractivity contribution in [1.82, 2.24) is 0 Å². The molecule has 0 saturated carbocycles. The van der Waals surface area contributed by atoms with E-state index in [0.29, 0.717) is 30.1 Å². The van der Waals surface area contributed by atoms with Gasteiger partial charge in [-0.2, -0.15) is 0 Å². The van der Waals surface area contributed by atoms with E-state index in [2.05, 4.69) is 6.92 Å². The number of ether oxygens (including phenoxy) is 3. The van der Waals surface area contributed by atoms with E-state index in [1.807, 2.05) is 12.1 Å². The molecular weight excluding hydrogens is 272 g/mol. The summed E-state index contributed by atoms with van der Waals surface area (Å²) in [5, 5.41) is 9.33. The molecule has 5 heteroatoms. The zero-order valence-corrected chi connectivity index (χ0v) is 13.1. The van der Waals surface area contributed by atoms with Gasteiger partial charge in [0.05, 0.1) is 27.2 Å². The Bertz CT molecular complexity index is 445. The van der Waals surface area contributed by atoms with Gasteiger partial charge in [-0.05, 0) is 30.5 Å². The van der Waals surface area contributed by atoms with E-state index in [-0.39, 0.29) is 0 Å². The molecule has 0 fully saturated rings. The Labute approximate surface area is 125 Å². The number of rotatable bonds is 9. The summed E-state index contributed by atoms with van der Waals surface area (Å²) in [6.07, 6.45) is 3.01. The molecule has 118 valence electrons. The summed E-state index contributed by atoms with van der Waals surface area (Å²) in [6, 6.07) is 3.62. The molecule has 0 aliphatic rings. The first kappa shape index (κ1) is 17.1. The van der Waals surface area contributed by atoms with Crippen LogP contribution in [0.4, 0.5) is 0 Å². The van der Waals surface area contributed by atoms with Gasteiger partial charge in [0.15, 0.2) is 11.5 Å². The summed E-state index contributed by atoms with van der Waals surface area (Å²) in [6.45, 7) is 2.05. The lowest BCUT2D eigenvalue weighted by Gasteiger charge is -2.16. The van der Waals surface area contributed by atoms with Crippen LogP contribution in [0.5, 0.6) is 17.2 Å². The smallest absolute Gasteiger partial charge is 0.306 e. The lowest BCUT2D eigenvalue weighted by atomic mass is 9.94. The molecule has 21 heavy (non-hydrogen) atoms. The van der Waals surface area contributed by atoms with Crippen LogP contribution < -0.4 is 14.2 Å². The first-order valence-corrected chi connectivity index (χ1v) is 7.09. The molecule has 1 rings (SSSR count). The summed E-state index contributed by atoms with van der Waals surface area (Å²) in [5.41, 5.74) is 0.869. The fourth-order valence-electron chi connectivity index (χ4n) is 2.30. The Morgan fingerprint density at radius 3 is 2.10 bits per heavy atom. The van der Waals surface area contributed by atoms with Crippen molar-refractivity contribution in [2.24, 2.45) is 5.92 Å². The molecule has 5 nitrogen and oxygen atoms in total. The predicted molar refractivity (Wildman–Crippen MR) is 80.5 cm³/mol. The highest BCUT2D eigenvalue weighted by molar-refractivity contribution is 5.70. The molecule has 1 aromatic carbocycles. The number of benzene rings is 1. The fourth-order valence-corrected chi connectivity index (χ4v) is 2.30. The van der Waals surface area contributed by atoms with Crippen molar-refractivity contribution in [2.45, 2.75) is 32.6 Å². The maximum Gasteiger partial charge on any atom is 0.306 e. The Kier molecular flexibility index (Phi) is 6.85. The first-order chi connectivity index (χ1) is 10.1. The highest BCUT2D eigenvalue weighted by Crippen LogP contribution is 2.38. The van der Waals surface area contributed by atoms with Crippen molar-refractivity contribution in [3.63, 3.8) is 0 Å². The van der Waals surface area contributed by atoms with Crippen molar-refractivity contribution in [3.05, 3.63) is 17.7 Å². The highest BCUT2D eigenvalue weighted by Gasteiger charge is 2.20. The van der Waals surface area contributed by atoms with Crippen LogP contribution in [-0.4, -0.2) is 32.4 Å². The molecular formula is C16H24O5. The predicted octanol–water partition coefficient (Wildman–Crippen LogP) is 3.15. The summed E-state index contributed by atoms with van der Waals surface area (Å²) >= 11 is 0. The number of hydrogen-bond acceptors (Lipinski definition) is 4. The molecule has 0 radical (unpaired) electrons. The number of methoxy groups -OCH3 is 3. The van der Waals surface area contributed by atoms with Gasteiger partial charge in [0.25, 0.3) is 0 Å². The quantitative estimate of drug-likeness (QED) is 0.758. The van der Waals surface area contributed by atoms with E-state index in [1.54, 1.807) is 21.3 Å². The molecule has 0 bridgehead atoms. The van der Waals surface area contributed by atoms with Crippen LogP contribution in [0.15, 0.2) is 12.1 Å². The molecule has 0 aliphatic heterocycles. The van der Waals surface area contributed by atoms with Gasteiger partial charge in [-0.15, -0.1) is 0 Å². The lowest BCUT2D eigenvalue weighted by Crippen LogP contribution is -2.16. The molecule has 0 heterocycles. The average Bonchev–Trinajstić information content (AvgIpc) is 2.49. The maximum atomic E-state index is 11.4. The standard InChI is InChI=1S/C16H24O5/c1-5-6-7-12(16(17)18)8-11-9-13(19-2)15(21-4)14(10-11)20-3/h9-10,12H,5-8H2,1-4H3,(H,17,18)/t12-/m1/s1. The zero-order valence-electron chi connectivity index (χ0n) is 13.1. The fraction of sp³-hybridized carbons (Fsp3) is 0.562. The minimum atomic E-state index is -0.766. The van der Waals surface area contributed by atoms with E-state index in [9.17, 15) is 9.90 Å². The second-order valence-corrected chi connectivity index (χ2v) is 4.92. The van der Waals surface area contributed by atoms with E-state index in [4.69, 9.17) is 14.2 Å². The third-order valence-electron chi connectivity index (χ3n) is 3.46. The van der Waals surface area contributed by atoms with E-state index < -0.39 is 11.9 Å². The van der Waals surface area contributed by atoms with Crippen molar-refractivity contribution in [3.8, 4) is 17.2 Å². The maximum absolute atomic E-state index is 11.4. The monoisotopic (exact) mass is 296 g/mol. The summed E-state index contributed by atoms with van der Waals surface area (Å²) in [4.78, 5) is 11.4.